The van der Waals surface area contributed by atoms with Crippen LogP contribution in [-0.2, 0) is 12.8 Å². The lowest BCUT2D eigenvalue weighted by Gasteiger charge is -2.33. The molecule has 1 aromatic heterocycles. The first-order chi connectivity index (χ1) is 16.0. The molecule has 5 heteroatoms. The van der Waals surface area contributed by atoms with Crippen molar-refractivity contribution in [2.75, 3.05) is 10.6 Å². The lowest BCUT2D eigenvalue weighted by atomic mass is 9.72. The van der Waals surface area contributed by atoms with Crippen LogP contribution in [0, 0.1) is 32.1 Å². The number of carbonyl (C=O) groups is 2. The molecule has 0 spiro atoms. The first kappa shape index (κ1) is 24.2. The maximum Gasteiger partial charge on any atom is 0.258 e. The number of fused-ring (bicyclic) bond motifs is 1. The molecular formula is C29H34N2O2S. The van der Waals surface area contributed by atoms with Crippen LogP contribution in [0.15, 0.2) is 42.5 Å². The summed E-state index contributed by atoms with van der Waals surface area (Å²) in [5.74, 6) is 0.220. The van der Waals surface area contributed by atoms with Crippen LogP contribution < -0.4 is 10.6 Å². The van der Waals surface area contributed by atoms with Gasteiger partial charge in [-0.05, 0) is 80.2 Å². The Morgan fingerprint density at radius 1 is 0.941 bits per heavy atom. The van der Waals surface area contributed by atoms with Gasteiger partial charge in [-0.25, -0.2) is 0 Å². The number of nitrogens with one attached hydrogen (secondary N) is 2. The second-order valence-electron chi connectivity index (χ2n) is 10.6. The summed E-state index contributed by atoms with van der Waals surface area (Å²) in [6.45, 7) is 12.8. The summed E-state index contributed by atoms with van der Waals surface area (Å²) in [5, 5.41) is 6.85. The molecule has 0 saturated carbocycles. The van der Waals surface area contributed by atoms with E-state index in [9.17, 15) is 9.59 Å². The minimum Gasteiger partial charge on any atom is -0.322 e. The number of amides is 2. The fourth-order valence-corrected chi connectivity index (χ4v) is 6.11. The number of thiophene rings is 1. The average Bonchev–Trinajstić information content (AvgIpc) is 3.12. The Morgan fingerprint density at radius 3 is 2.35 bits per heavy atom. The molecule has 178 valence electrons. The van der Waals surface area contributed by atoms with E-state index in [0.717, 1.165) is 47.2 Å². The van der Waals surface area contributed by atoms with Gasteiger partial charge >= 0.3 is 0 Å². The molecule has 2 aromatic carbocycles. The van der Waals surface area contributed by atoms with Crippen LogP contribution >= 0.6 is 11.3 Å². The Balaban J connectivity index is 1.71. The highest BCUT2D eigenvalue weighted by atomic mass is 32.1. The van der Waals surface area contributed by atoms with E-state index in [0.29, 0.717) is 22.0 Å². The predicted molar refractivity (Wildman–Crippen MR) is 142 cm³/mol. The van der Waals surface area contributed by atoms with Gasteiger partial charge in [0.2, 0.25) is 0 Å². The molecule has 1 atom stereocenters. The maximum atomic E-state index is 13.6. The third kappa shape index (κ3) is 4.95. The van der Waals surface area contributed by atoms with E-state index in [1.165, 1.54) is 4.88 Å². The Kier molecular flexibility index (Phi) is 6.68. The SMILES string of the molecule is Cc1ccc(NC(=O)c2c(NC(=O)c3ccccc3C)sc3c2CCC(C(C)(C)C)C3)c(C)c1. The molecule has 3 aromatic rings. The molecule has 4 nitrogen and oxygen atoms in total. The van der Waals surface area contributed by atoms with Gasteiger partial charge in [0.25, 0.3) is 11.8 Å². The van der Waals surface area contributed by atoms with Gasteiger partial charge < -0.3 is 10.6 Å². The highest BCUT2D eigenvalue weighted by molar-refractivity contribution is 7.17. The number of hydrogen-bond donors (Lipinski definition) is 2. The molecule has 0 aliphatic heterocycles. The van der Waals surface area contributed by atoms with Crippen LogP contribution in [0.2, 0.25) is 0 Å². The summed E-state index contributed by atoms with van der Waals surface area (Å²) in [5.41, 5.74) is 6.43. The van der Waals surface area contributed by atoms with Gasteiger partial charge in [-0.1, -0.05) is 56.7 Å². The molecule has 1 unspecified atom stereocenters. The minimum atomic E-state index is -0.176. The summed E-state index contributed by atoms with van der Waals surface area (Å²) in [4.78, 5) is 28.0. The maximum absolute atomic E-state index is 13.6. The van der Waals surface area contributed by atoms with Gasteiger partial charge in [-0.2, -0.15) is 0 Å². The number of anilines is 2. The van der Waals surface area contributed by atoms with Gasteiger partial charge in [-0.3, -0.25) is 9.59 Å². The molecule has 1 aliphatic rings. The molecule has 34 heavy (non-hydrogen) atoms. The topological polar surface area (TPSA) is 58.2 Å². The first-order valence-electron chi connectivity index (χ1n) is 11.9. The third-order valence-corrected chi connectivity index (χ3v) is 8.13. The smallest absolute Gasteiger partial charge is 0.258 e. The number of benzene rings is 2. The van der Waals surface area contributed by atoms with Crippen molar-refractivity contribution in [3.63, 3.8) is 0 Å². The molecule has 0 bridgehead atoms. The quantitative estimate of drug-likeness (QED) is 0.416. The lowest BCUT2D eigenvalue weighted by molar-refractivity contribution is 0.102. The van der Waals surface area contributed by atoms with Crippen molar-refractivity contribution >= 4 is 33.8 Å². The van der Waals surface area contributed by atoms with Crippen molar-refractivity contribution in [1.29, 1.82) is 0 Å². The van der Waals surface area contributed by atoms with Crippen molar-refractivity contribution in [1.82, 2.24) is 0 Å². The highest BCUT2D eigenvalue weighted by Crippen LogP contribution is 2.44. The summed E-state index contributed by atoms with van der Waals surface area (Å²) >= 11 is 1.56. The van der Waals surface area contributed by atoms with E-state index in [1.54, 1.807) is 11.3 Å². The van der Waals surface area contributed by atoms with Crippen molar-refractivity contribution in [2.45, 2.75) is 60.8 Å². The van der Waals surface area contributed by atoms with E-state index in [1.807, 2.05) is 57.2 Å². The van der Waals surface area contributed by atoms with Crippen LogP contribution in [-0.4, -0.2) is 11.8 Å². The standard InChI is InChI=1S/C29H34N2O2S/c1-17-11-14-23(19(3)15-17)30-27(33)25-22-13-12-20(29(4,5)6)16-24(22)34-28(25)31-26(32)21-10-8-7-9-18(21)2/h7-11,14-15,20H,12-13,16H2,1-6H3,(H,30,33)(H,31,32). The minimum absolute atomic E-state index is 0.154. The van der Waals surface area contributed by atoms with Gasteiger partial charge in [0.05, 0.1) is 5.56 Å². The highest BCUT2D eigenvalue weighted by Gasteiger charge is 2.34. The summed E-state index contributed by atoms with van der Waals surface area (Å²) in [6, 6.07) is 13.5. The van der Waals surface area contributed by atoms with Crippen LogP contribution in [0.4, 0.5) is 10.7 Å². The number of aryl methyl sites for hydroxylation is 3. The fourth-order valence-electron chi connectivity index (χ4n) is 4.79. The third-order valence-electron chi connectivity index (χ3n) is 6.96. The fraction of sp³-hybridized carbons (Fsp3) is 0.379. The largest absolute Gasteiger partial charge is 0.322 e. The van der Waals surface area contributed by atoms with E-state index in [2.05, 4.69) is 37.5 Å². The zero-order valence-corrected chi connectivity index (χ0v) is 21.8. The second-order valence-corrected chi connectivity index (χ2v) is 11.7. The number of hydrogen-bond acceptors (Lipinski definition) is 3. The summed E-state index contributed by atoms with van der Waals surface area (Å²) in [7, 11) is 0. The van der Waals surface area contributed by atoms with Crippen LogP contribution in [0.1, 0.15) is 75.0 Å². The molecule has 1 aliphatic carbocycles. The van der Waals surface area contributed by atoms with E-state index in [-0.39, 0.29) is 17.2 Å². The molecule has 2 amide bonds. The Labute approximate surface area is 206 Å². The zero-order valence-electron chi connectivity index (χ0n) is 21.0. The van der Waals surface area contributed by atoms with Crippen molar-refractivity contribution in [3.05, 3.63) is 80.7 Å². The Bertz CT molecular complexity index is 1250. The molecular weight excluding hydrogens is 440 g/mol. The normalized spacial score (nSPS) is 15.5. The van der Waals surface area contributed by atoms with Crippen LogP contribution in [0.25, 0.3) is 0 Å². The van der Waals surface area contributed by atoms with Crippen molar-refractivity contribution < 1.29 is 9.59 Å². The van der Waals surface area contributed by atoms with Gasteiger partial charge in [0.1, 0.15) is 5.00 Å². The molecule has 4 rings (SSSR count). The second kappa shape index (κ2) is 9.38. The zero-order chi connectivity index (χ0) is 24.6. The van der Waals surface area contributed by atoms with Crippen LogP contribution in [0.5, 0.6) is 0 Å². The molecule has 1 heterocycles. The molecule has 0 saturated heterocycles. The number of carbonyl (C=O) groups excluding carboxylic acids is 2. The molecule has 0 fully saturated rings. The van der Waals surface area contributed by atoms with E-state index >= 15 is 0 Å². The lowest BCUT2D eigenvalue weighted by Crippen LogP contribution is -2.27. The monoisotopic (exact) mass is 474 g/mol. The Hall–Kier alpha value is -2.92. The first-order valence-corrected chi connectivity index (χ1v) is 12.8. The number of rotatable bonds is 4. The average molecular weight is 475 g/mol. The summed E-state index contributed by atoms with van der Waals surface area (Å²) < 4.78 is 0. The van der Waals surface area contributed by atoms with E-state index in [4.69, 9.17) is 0 Å². The van der Waals surface area contributed by atoms with Gasteiger partial charge in [-0.15, -0.1) is 11.3 Å². The van der Waals surface area contributed by atoms with Crippen molar-refractivity contribution in [2.24, 2.45) is 11.3 Å². The van der Waals surface area contributed by atoms with Crippen molar-refractivity contribution in [3.8, 4) is 0 Å². The molecule has 2 N–H and O–H groups in total. The van der Waals surface area contributed by atoms with Gasteiger partial charge in [0, 0.05) is 16.1 Å². The van der Waals surface area contributed by atoms with Gasteiger partial charge in [0.15, 0.2) is 0 Å². The summed E-state index contributed by atoms with van der Waals surface area (Å²) in [6.07, 6.45) is 2.83. The van der Waals surface area contributed by atoms with E-state index < -0.39 is 0 Å². The predicted octanol–water partition coefficient (Wildman–Crippen LogP) is 7.33. The van der Waals surface area contributed by atoms with Crippen LogP contribution in [0.3, 0.4) is 0 Å². The molecule has 0 radical (unpaired) electrons. The Morgan fingerprint density at radius 2 is 1.68 bits per heavy atom.